The molecule has 0 bridgehead atoms. The molecule has 12 heavy (non-hydrogen) atoms. The second-order valence-corrected chi connectivity index (χ2v) is 9.99. The molecule has 0 aromatic carbocycles. The van der Waals surface area contributed by atoms with Crippen molar-refractivity contribution in [3.63, 3.8) is 0 Å². The summed E-state index contributed by atoms with van der Waals surface area (Å²) in [6.45, 7) is 11.3. The van der Waals surface area contributed by atoms with Crippen LogP contribution in [0.2, 0.25) is 25.2 Å². The van der Waals surface area contributed by atoms with E-state index < -0.39 is 8.07 Å². The SMILES string of the molecule is CCOC(=O)CC(C)[Si](C)(C)C. The van der Waals surface area contributed by atoms with Crippen LogP contribution in [-0.2, 0) is 9.53 Å². The number of carbonyl (C=O) groups is 1. The number of hydrogen-bond donors (Lipinski definition) is 0. The van der Waals surface area contributed by atoms with Crippen molar-refractivity contribution in [1.29, 1.82) is 0 Å². The molecule has 0 amide bonds. The molecule has 72 valence electrons. The predicted molar refractivity (Wildman–Crippen MR) is 54.0 cm³/mol. The molecule has 0 saturated heterocycles. The molecule has 0 aromatic rings. The van der Waals surface area contributed by atoms with Gasteiger partial charge in [-0.3, -0.25) is 4.79 Å². The highest BCUT2D eigenvalue weighted by Gasteiger charge is 2.24. The van der Waals surface area contributed by atoms with Crippen LogP contribution in [0.25, 0.3) is 0 Å². The van der Waals surface area contributed by atoms with E-state index in [1.807, 2.05) is 6.92 Å². The molecule has 0 saturated carbocycles. The summed E-state index contributed by atoms with van der Waals surface area (Å²) in [5, 5.41) is 0. The number of esters is 1. The Morgan fingerprint density at radius 2 is 1.92 bits per heavy atom. The number of hydrogen-bond acceptors (Lipinski definition) is 2. The summed E-state index contributed by atoms with van der Waals surface area (Å²) < 4.78 is 4.89. The van der Waals surface area contributed by atoms with Crippen molar-refractivity contribution in [3.8, 4) is 0 Å². The smallest absolute Gasteiger partial charge is 0.305 e. The van der Waals surface area contributed by atoms with Crippen LogP contribution in [0.1, 0.15) is 20.3 Å². The van der Waals surface area contributed by atoms with Crippen LogP contribution in [0.5, 0.6) is 0 Å². The zero-order chi connectivity index (χ0) is 9.78. The molecule has 0 fully saturated rings. The minimum absolute atomic E-state index is 0.0487. The van der Waals surface area contributed by atoms with Gasteiger partial charge in [-0.25, -0.2) is 0 Å². The van der Waals surface area contributed by atoms with Gasteiger partial charge in [-0.05, 0) is 12.5 Å². The van der Waals surface area contributed by atoms with E-state index in [0.717, 1.165) is 0 Å². The molecule has 0 aliphatic carbocycles. The molecule has 3 heteroatoms. The molecular formula is C9H20O2Si. The number of ether oxygens (including phenoxy) is 1. The Hall–Kier alpha value is -0.313. The average Bonchev–Trinajstić information content (AvgIpc) is 1.85. The Morgan fingerprint density at radius 1 is 1.42 bits per heavy atom. The van der Waals surface area contributed by atoms with Crippen LogP contribution in [0.4, 0.5) is 0 Å². The maximum absolute atomic E-state index is 11.1. The highest BCUT2D eigenvalue weighted by atomic mass is 28.3. The second kappa shape index (κ2) is 4.65. The van der Waals surface area contributed by atoms with Crippen molar-refractivity contribution in [2.24, 2.45) is 0 Å². The van der Waals surface area contributed by atoms with Crippen LogP contribution in [-0.4, -0.2) is 20.7 Å². The van der Waals surface area contributed by atoms with Crippen molar-refractivity contribution >= 4 is 14.0 Å². The quantitative estimate of drug-likeness (QED) is 0.501. The van der Waals surface area contributed by atoms with E-state index >= 15 is 0 Å². The Balaban J connectivity index is 3.84. The summed E-state index contributed by atoms with van der Waals surface area (Å²) >= 11 is 0. The molecule has 0 rings (SSSR count). The summed E-state index contributed by atoms with van der Waals surface area (Å²) in [7, 11) is -1.15. The van der Waals surface area contributed by atoms with Crippen molar-refractivity contribution in [3.05, 3.63) is 0 Å². The van der Waals surface area contributed by atoms with Gasteiger partial charge in [0.25, 0.3) is 0 Å². The van der Waals surface area contributed by atoms with Gasteiger partial charge in [0.05, 0.1) is 6.61 Å². The van der Waals surface area contributed by atoms with Crippen LogP contribution in [0.15, 0.2) is 0 Å². The first-order valence-corrected chi connectivity index (χ1v) is 8.11. The number of carbonyl (C=O) groups excluding carboxylic acids is 1. The van der Waals surface area contributed by atoms with Gasteiger partial charge in [-0.2, -0.15) is 0 Å². The Morgan fingerprint density at radius 3 is 2.25 bits per heavy atom. The highest BCUT2D eigenvalue weighted by Crippen LogP contribution is 2.24. The van der Waals surface area contributed by atoms with E-state index in [-0.39, 0.29) is 5.97 Å². The zero-order valence-corrected chi connectivity index (χ0v) is 9.81. The lowest BCUT2D eigenvalue weighted by Crippen LogP contribution is -2.28. The van der Waals surface area contributed by atoms with E-state index in [1.165, 1.54) is 0 Å². The Kier molecular flexibility index (Phi) is 4.53. The first-order chi connectivity index (χ1) is 5.38. The van der Waals surface area contributed by atoms with Gasteiger partial charge in [-0.15, -0.1) is 0 Å². The van der Waals surface area contributed by atoms with Crippen LogP contribution in [0, 0.1) is 0 Å². The van der Waals surface area contributed by atoms with Gasteiger partial charge < -0.3 is 4.74 Å². The summed E-state index contributed by atoms with van der Waals surface area (Å²) in [4.78, 5) is 11.1. The van der Waals surface area contributed by atoms with Gasteiger partial charge >= 0.3 is 5.97 Å². The van der Waals surface area contributed by atoms with E-state index in [1.54, 1.807) is 0 Å². The van der Waals surface area contributed by atoms with Gasteiger partial charge in [0.15, 0.2) is 0 Å². The second-order valence-electron chi connectivity index (χ2n) is 4.28. The van der Waals surface area contributed by atoms with Crippen LogP contribution < -0.4 is 0 Å². The zero-order valence-electron chi connectivity index (χ0n) is 8.81. The molecular weight excluding hydrogens is 168 g/mol. The van der Waals surface area contributed by atoms with E-state index in [0.29, 0.717) is 18.6 Å². The van der Waals surface area contributed by atoms with E-state index in [4.69, 9.17) is 4.74 Å². The summed E-state index contributed by atoms with van der Waals surface area (Å²) in [6.07, 6.45) is 0.587. The third-order valence-corrected chi connectivity index (χ3v) is 5.42. The maximum Gasteiger partial charge on any atom is 0.305 e. The maximum atomic E-state index is 11.1. The van der Waals surface area contributed by atoms with Gasteiger partial charge in [0.1, 0.15) is 0 Å². The molecule has 0 N–H and O–H groups in total. The van der Waals surface area contributed by atoms with Crippen molar-refractivity contribution < 1.29 is 9.53 Å². The molecule has 0 spiro atoms. The van der Waals surface area contributed by atoms with Crippen molar-refractivity contribution in [2.75, 3.05) is 6.61 Å². The molecule has 2 nitrogen and oxygen atoms in total. The third kappa shape index (κ3) is 4.54. The Bertz CT molecular complexity index is 149. The molecule has 0 radical (unpaired) electrons. The fourth-order valence-corrected chi connectivity index (χ4v) is 1.56. The molecule has 0 aromatic heterocycles. The lowest BCUT2D eigenvalue weighted by atomic mass is 10.3. The topological polar surface area (TPSA) is 26.3 Å². The van der Waals surface area contributed by atoms with E-state index in [2.05, 4.69) is 26.6 Å². The average molecular weight is 188 g/mol. The fraction of sp³-hybridized carbons (Fsp3) is 0.889. The summed E-state index contributed by atoms with van der Waals surface area (Å²) in [5.41, 5.74) is 0.511. The third-order valence-electron chi connectivity index (χ3n) is 2.26. The lowest BCUT2D eigenvalue weighted by Gasteiger charge is -2.23. The summed E-state index contributed by atoms with van der Waals surface area (Å²) in [6, 6.07) is 0. The van der Waals surface area contributed by atoms with Crippen LogP contribution >= 0.6 is 0 Å². The minimum atomic E-state index is -1.15. The van der Waals surface area contributed by atoms with Crippen molar-refractivity contribution in [1.82, 2.24) is 0 Å². The Labute approximate surface area is 76.3 Å². The first-order valence-electron chi connectivity index (χ1n) is 4.53. The lowest BCUT2D eigenvalue weighted by molar-refractivity contribution is -0.143. The normalized spacial score (nSPS) is 14.1. The monoisotopic (exact) mass is 188 g/mol. The first kappa shape index (κ1) is 11.7. The standard InChI is InChI=1S/C9H20O2Si/c1-6-11-9(10)7-8(2)12(3,4)5/h8H,6-7H2,1-5H3. The predicted octanol–water partition coefficient (Wildman–Crippen LogP) is 2.67. The summed E-state index contributed by atoms with van der Waals surface area (Å²) in [5.74, 6) is -0.0487. The van der Waals surface area contributed by atoms with Crippen molar-refractivity contribution in [2.45, 2.75) is 45.5 Å². The van der Waals surface area contributed by atoms with Gasteiger partial charge in [0, 0.05) is 14.5 Å². The molecule has 1 unspecified atom stereocenters. The largest absolute Gasteiger partial charge is 0.466 e. The molecule has 1 atom stereocenters. The van der Waals surface area contributed by atoms with Crippen LogP contribution in [0.3, 0.4) is 0 Å². The van der Waals surface area contributed by atoms with E-state index in [9.17, 15) is 4.79 Å². The number of rotatable bonds is 4. The van der Waals surface area contributed by atoms with Gasteiger partial charge in [-0.1, -0.05) is 26.6 Å². The minimum Gasteiger partial charge on any atom is -0.466 e. The molecule has 0 aliphatic heterocycles. The molecule has 0 aliphatic rings. The van der Waals surface area contributed by atoms with Gasteiger partial charge in [0.2, 0.25) is 0 Å². The fourth-order valence-electron chi connectivity index (χ4n) is 0.776. The molecule has 0 heterocycles. The highest BCUT2D eigenvalue weighted by molar-refractivity contribution is 6.77.